The summed E-state index contributed by atoms with van der Waals surface area (Å²) in [6.45, 7) is 0. The average molecular weight is 553 g/mol. The van der Waals surface area contributed by atoms with E-state index in [0.717, 1.165) is 77.3 Å². The lowest BCUT2D eigenvalue weighted by atomic mass is 10.0. The van der Waals surface area contributed by atoms with E-state index in [-0.39, 0.29) is 0 Å². The van der Waals surface area contributed by atoms with Crippen molar-refractivity contribution >= 4 is 71.7 Å². The number of hydrogen-bond donors (Lipinski definition) is 0. The Labute approximate surface area is 247 Å². The van der Waals surface area contributed by atoms with Gasteiger partial charge in [0, 0.05) is 44.5 Å². The van der Waals surface area contributed by atoms with Crippen LogP contribution in [0.15, 0.2) is 155 Å². The van der Waals surface area contributed by atoms with Crippen LogP contribution in [-0.4, -0.2) is 4.98 Å². The minimum absolute atomic E-state index is 0.797. The molecule has 0 spiro atoms. The van der Waals surface area contributed by atoms with Gasteiger partial charge in [0.15, 0.2) is 5.58 Å². The minimum atomic E-state index is 0.797. The highest BCUT2D eigenvalue weighted by molar-refractivity contribution is 6.17. The summed E-state index contributed by atoms with van der Waals surface area (Å²) in [5, 5.41) is 6.43. The SMILES string of the molecule is c1ccc(-c2ccc(N(c3ccc4oc5ccccc5c4c3)c3cncc4c3oc3c5ccccc5ccc43)cc2)cc1. The average Bonchev–Trinajstić information content (AvgIpc) is 3.65. The van der Waals surface area contributed by atoms with E-state index in [2.05, 4.69) is 114 Å². The van der Waals surface area contributed by atoms with Crippen LogP contribution in [0.1, 0.15) is 0 Å². The summed E-state index contributed by atoms with van der Waals surface area (Å²) in [5.41, 5.74) is 8.61. The molecule has 6 aromatic carbocycles. The summed E-state index contributed by atoms with van der Waals surface area (Å²) < 4.78 is 12.9. The van der Waals surface area contributed by atoms with Gasteiger partial charge in [-0.2, -0.15) is 0 Å². The maximum atomic E-state index is 6.76. The normalized spacial score (nSPS) is 11.7. The maximum absolute atomic E-state index is 6.76. The lowest BCUT2D eigenvalue weighted by Gasteiger charge is -2.25. The van der Waals surface area contributed by atoms with Crippen LogP contribution < -0.4 is 4.90 Å². The number of benzene rings is 6. The highest BCUT2D eigenvalue weighted by Gasteiger charge is 2.22. The number of para-hydroxylation sites is 1. The fourth-order valence-electron chi connectivity index (χ4n) is 6.28. The van der Waals surface area contributed by atoms with E-state index in [4.69, 9.17) is 13.8 Å². The molecule has 4 nitrogen and oxygen atoms in total. The molecule has 0 N–H and O–H groups in total. The number of pyridine rings is 1. The fraction of sp³-hybridized carbons (Fsp3) is 0. The molecule has 0 unspecified atom stereocenters. The van der Waals surface area contributed by atoms with Crippen molar-refractivity contribution in [2.45, 2.75) is 0 Å². The van der Waals surface area contributed by atoms with Gasteiger partial charge in [-0.25, -0.2) is 0 Å². The largest absolute Gasteiger partial charge is 0.456 e. The van der Waals surface area contributed by atoms with Crippen molar-refractivity contribution in [3.63, 3.8) is 0 Å². The van der Waals surface area contributed by atoms with Crippen molar-refractivity contribution in [2.75, 3.05) is 4.90 Å². The molecular formula is C39H24N2O2. The zero-order chi connectivity index (χ0) is 28.3. The van der Waals surface area contributed by atoms with E-state index in [1.807, 2.05) is 36.7 Å². The molecule has 0 radical (unpaired) electrons. The molecule has 0 aliphatic rings. The van der Waals surface area contributed by atoms with Gasteiger partial charge in [0.05, 0.1) is 6.20 Å². The molecule has 0 saturated heterocycles. The molecule has 3 aromatic heterocycles. The summed E-state index contributed by atoms with van der Waals surface area (Å²) in [7, 11) is 0. The molecule has 43 heavy (non-hydrogen) atoms. The molecule has 0 bridgehead atoms. The fourth-order valence-corrected chi connectivity index (χ4v) is 6.28. The molecule has 202 valence electrons. The smallest absolute Gasteiger partial charge is 0.162 e. The number of rotatable bonds is 4. The van der Waals surface area contributed by atoms with Gasteiger partial charge in [0.25, 0.3) is 0 Å². The standard InChI is InChI=1S/C39H24N2O2/c1-2-8-25(9-3-1)26-14-17-28(18-15-26)41(29-19-21-37-33(22-29)31-12-6-7-13-36(31)42-37)35-24-40-23-34-32-20-16-27-10-4-5-11-30(27)38(32)43-39(34)35/h1-24H. The minimum Gasteiger partial charge on any atom is -0.456 e. The van der Waals surface area contributed by atoms with Crippen LogP contribution in [0.4, 0.5) is 17.1 Å². The molecule has 4 heteroatoms. The monoisotopic (exact) mass is 552 g/mol. The Kier molecular flexibility index (Phi) is 5.16. The van der Waals surface area contributed by atoms with E-state index >= 15 is 0 Å². The van der Waals surface area contributed by atoms with Gasteiger partial charge in [0.1, 0.15) is 22.4 Å². The lowest BCUT2D eigenvalue weighted by molar-refractivity contribution is 0.669. The van der Waals surface area contributed by atoms with Gasteiger partial charge in [-0.05, 0) is 59.0 Å². The van der Waals surface area contributed by atoms with Crippen molar-refractivity contribution in [1.29, 1.82) is 0 Å². The lowest BCUT2D eigenvalue weighted by Crippen LogP contribution is -2.10. The Balaban J connectivity index is 1.30. The van der Waals surface area contributed by atoms with E-state index in [1.54, 1.807) is 0 Å². The predicted molar refractivity (Wildman–Crippen MR) is 176 cm³/mol. The molecule has 0 saturated carbocycles. The van der Waals surface area contributed by atoms with Crippen molar-refractivity contribution in [3.8, 4) is 11.1 Å². The van der Waals surface area contributed by atoms with Crippen LogP contribution in [0.5, 0.6) is 0 Å². The second-order valence-corrected chi connectivity index (χ2v) is 10.8. The molecule has 3 heterocycles. The third kappa shape index (κ3) is 3.74. The van der Waals surface area contributed by atoms with Crippen LogP contribution in [0.25, 0.3) is 65.8 Å². The third-order valence-corrected chi connectivity index (χ3v) is 8.34. The second-order valence-electron chi connectivity index (χ2n) is 10.8. The number of anilines is 3. The summed E-state index contributed by atoms with van der Waals surface area (Å²) in [4.78, 5) is 6.97. The first-order chi connectivity index (χ1) is 21.3. The number of furan rings is 2. The van der Waals surface area contributed by atoms with Crippen LogP contribution in [-0.2, 0) is 0 Å². The Morgan fingerprint density at radius 1 is 0.442 bits per heavy atom. The maximum Gasteiger partial charge on any atom is 0.162 e. The van der Waals surface area contributed by atoms with Gasteiger partial charge in [0.2, 0.25) is 0 Å². The quantitative estimate of drug-likeness (QED) is 0.218. The highest BCUT2D eigenvalue weighted by Crippen LogP contribution is 2.44. The van der Waals surface area contributed by atoms with Crippen LogP contribution in [0.2, 0.25) is 0 Å². The van der Waals surface area contributed by atoms with E-state index in [0.29, 0.717) is 0 Å². The number of aromatic nitrogens is 1. The molecule has 0 aliphatic heterocycles. The summed E-state index contributed by atoms with van der Waals surface area (Å²) in [5.74, 6) is 0. The van der Waals surface area contributed by atoms with Crippen LogP contribution in [0, 0.1) is 0 Å². The molecule has 9 rings (SSSR count). The van der Waals surface area contributed by atoms with Crippen molar-refractivity contribution in [1.82, 2.24) is 4.98 Å². The zero-order valence-electron chi connectivity index (χ0n) is 23.1. The van der Waals surface area contributed by atoms with Crippen molar-refractivity contribution in [2.24, 2.45) is 0 Å². The van der Waals surface area contributed by atoms with Gasteiger partial charge in [-0.15, -0.1) is 0 Å². The zero-order valence-corrected chi connectivity index (χ0v) is 23.1. The van der Waals surface area contributed by atoms with Crippen molar-refractivity contribution < 1.29 is 8.83 Å². The number of hydrogen-bond acceptors (Lipinski definition) is 4. The second kappa shape index (κ2) is 9.33. The third-order valence-electron chi connectivity index (χ3n) is 8.34. The first-order valence-electron chi connectivity index (χ1n) is 14.4. The van der Waals surface area contributed by atoms with Gasteiger partial charge in [-0.1, -0.05) is 91.0 Å². The first-order valence-corrected chi connectivity index (χ1v) is 14.4. The predicted octanol–water partition coefficient (Wildman–Crippen LogP) is 11.2. The highest BCUT2D eigenvalue weighted by atomic mass is 16.3. The summed E-state index contributed by atoms with van der Waals surface area (Å²) in [6, 6.07) is 46.3. The molecule has 0 aliphatic carbocycles. The topological polar surface area (TPSA) is 42.4 Å². The van der Waals surface area contributed by atoms with Gasteiger partial charge >= 0.3 is 0 Å². The Bertz CT molecular complexity index is 2450. The van der Waals surface area contributed by atoms with E-state index in [1.165, 1.54) is 5.56 Å². The molecule has 9 aromatic rings. The van der Waals surface area contributed by atoms with Crippen molar-refractivity contribution in [3.05, 3.63) is 146 Å². The van der Waals surface area contributed by atoms with Crippen LogP contribution >= 0.6 is 0 Å². The Morgan fingerprint density at radius 3 is 2.05 bits per heavy atom. The number of fused-ring (bicyclic) bond motifs is 8. The van der Waals surface area contributed by atoms with E-state index < -0.39 is 0 Å². The molecule has 0 fully saturated rings. The van der Waals surface area contributed by atoms with Crippen LogP contribution in [0.3, 0.4) is 0 Å². The molecule has 0 amide bonds. The Morgan fingerprint density at radius 2 is 1.16 bits per heavy atom. The number of nitrogens with zero attached hydrogens (tertiary/aromatic N) is 2. The molecular weight excluding hydrogens is 528 g/mol. The van der Waals surface area contributed by atoms with Gasteiger partial charge in [-0.3, -0.25) is 4.98 Å². The molecule has 0 atom stereocenters. The first kappa shape index (κ1) is 23.8. The van der Waals surface area contributed by atoms with E-state index in [9.17, 15) is 0 Å². The Hall–Kier alpha value is -5.87. The van der Waals surface area contributed by atoms with Gasteiger partial charge < -0.3 is 13.7 Å². The summed E-state index contributed by atoms with van der Waals surface area (Å²) in [6.07, 6.45) is 3.80. The summed E-state index contributed by atoms with van der Waals surface area (Å²) >= 11 is 0.